The van der Waals surface area contributed by atoms with Crippen LogP contribution in [0.2, 0.25) is 0 Å². The van der Waals surface area contributed by atoms with Crippen LogP contribution in [-0.2, 0) is 14.3 Å². The number of hydrogen-bond donors (Lipinski definition) is 0. The molecule has 0 N–H and O–H groups in total. The molecule has 2 unspecified atom stereocenters. The zero-order valence-corrected chi connectivity index (χ0v) is 15.0. The van der Waals surface area contributed by atoms with Gasteiger partial charge in [-0.2, -0.15) is 0 Å². The predicted octanol–water partition coefficient (Wildman–Crippen LogP) is 3.42. The molecule has 1 aliphatic heterocycles. The van der Waals surface area contributed by atoms with E-state index in [1.807, 2.05) is 25.7 Å². The standard InChI is InChI=1S/C19H31NO3/c1-14-7-5-6-8-16(14)13-23-17(21)15-9-11-20(12-10-15)18(22)19(2,3)4/h5-6,14-16H,7-13H2,1-4H3. The molecule has 0 aromatic rings. The number of allylic oxidation sites excluding steroid dienone is 2. The summed E-state index contributed by atoms with van der Waals surface area (Å²) in [6.07, 6.45) is 7.93. The molecule has 0 aromatic carbocycles. The zero-order chi connectivity index (χ0) is 17.0. The van der Waals surface area contributed by atoms with Crippen LogP contribution < -0.4 is 0 Å². The van der Waals surface area contributed by atoms with Gasteiger partial charge in [-0.05, 0) is 37.5 Å². The van der Waals surface area contributed by atoms with Crippen LogP contribution in [0.4, 0.5) is 0 Å². The quantitative estimate of drug-likeness (QED) is 0.591. The third-order valence-electron chi connectivity index (χ3n) is 5.11. The summed E-state index contributed by atoms with van der Waals surface area (Å²) in [4.78, 5) is 26.4. The van der Waals surface area contributed by atoms with Gasteiger partial charge in [0.15, 0.2) is 0 Å². The maximum Gasteiger partial charge on any atom is 0.309 e. The van der Waals surface area contributed by atoms with Crippen LogP contribution in [0.3, 0.4) is 0 Å². The number of carbonyl (C=O) groups excluding carboxylic acids is 2. The van der Waals surface area contributed by atoms with E-state index in [0.29, 0.717) is 31.5 Å². The molecular formula is C19H31NO3. The van der Waals surface area contributed by atoms with Crippen LogP contribution in [0, 0.1) is 23.2 Å². The van der Waals surface area contributed by atoms with Gasteiger partial charge in [0.1, 0.15) is 0 Å². The van der Waals surface area contributed by atoms with Gasteiger partial charge in [0.05, 0.1) is 12.5 Å². The Hall–Kier alpha value is -1.32. The SMILES string of the molecule is CC1CC=CCC1COC(=O)C1CCN(C(=O)C(C)(C)C)CC1. The molecule has 130 valence electrons. The number of piperidine rings is 1. The van der Waals surface area contributed by atoms with E-state index in [4.69, 9.17) is 4.74 Å². The van der Waals surface area contributed by atoms with Gasteiger partial charge in [-0.1, -0.05) is 39.8 Å². The summed E-state index contributed by atoms with van der Waals surface area (Å²) in [6.45, 7) is 9.90. The average molecular weight is 321 g/mol. The van der Waals surface area contributed by atoms with Crippen LogP contribution >= 0.6 is 0 Å². The van der Waals surface area contributed by atoms with E-state index < -0.39 is 0 Å². The molecule has 0 aromatic heterocycles. The van der Waals surface area contributed by atoms with Crippen molar-refractivity contribution >= 4 is 11.9 Å². The largest absolute Gasteiger partial charge is 0.465 e. The molecule has 2 aliphatic rings. The number of amides is 1. The first-order chi connectivity index (χ1) is 10.8. The lowest BCUT2D eigenvalue weighted by Crippen LogP contribution is -2.45. The van der Waals surface area contributed by atoms with Crippen LogP contribution in [-0.4, -0.2) is 36.5 Å². The monoisotopic (exact) mass is 321 g/mol. The summed E-state index contributed by atoms with van der Waals surface area (Å²) >= 11 is 0. The molecule has 1 heterocycles. The van der Waals surface area contributed by atoms with E-state index in [9.17, 15) is 9.59 Å². The van der Waals surface area contributed by atoms with Gasteiger partial charge in [0.2, 0.25) is 5.91 Å². The molecule has 1 aliphatic carbocycles. The molecule has 2 rings (SSSR count). The minimum absolute atomic E-state index is 0.0477. The number of rotatable bonds is 3. The third-order valence-corrected chi connectivity index (χ3v) is 5.11. The fourth-order valence-electron chi connectivity index (χ4n) is 3.34. The first-order valence-corrected chi connectivity index (χ1v) is 8.90. The lowest BCUT2D eigenvalue weighted by molar-refractivity contribution is -0.154. The number of esters is 1. The highest BCUT2D eigenvalue weighted by Crippen LogP contribution is 2.27. The number of carbonyl (C=O) groups is 2. The van der Waals surface area contributed by atoms with Crippen LogP contribution in [0.1, 0.15) is 53.4 Å². The van der Waals surface area contributed by atoms with Crippen molar-refractivity contribution < 1.29 is 14.3 Å². The number of ether oxygens (including phenoxy) is 1. The summed E-state index contributed by atoms with van der Waals surface area (Å²) in [5, 5.41) is 0. The van der Waals surface area contributed by atoms with E-state index in [2.05, 4.69) is 19.1 Å². The van der Waals surface area contributed by atoms with Gasteiger partial charge in [-0.3, -0.25) is 9.59 Å². The Morgan fingerprint density at radius 3 is 2.30 bits per heavy atom. The summed E-state index contributed by atoms with van der Waals surface area (Å²) < 4.78 is 5.58. The summed E-state index contributed by atoms with van der Waals surface area (Å²) in [5.74, 6) is 1.08. The first kappa shape index (κ1) is 18.0. The lowest BCUT2D eigenvalue weighted by Gasteiger charge is -2.35. The Balaban J connectivity index is 1.75. The molecule has 1 fully saturated rings. The molecule has 4 nitrogen and oxygen atoms in total. The van der Waals surface area contributed by atoms with E-state index in [-0.39, 0.29) is 23.2 Å². The molecule has 4 heteroatoms. The Bertz CT molecular complexity index is 456. The number of hydrogen-bond acceptors (Lipinski definition) is 3. The molecule has 23 heavy (non-hydrogen) atoms. The van der Waals surface area contributed by atoms with E-state index in [1.165, 1.54) is 0 Å². The van der Waals surface area contributed by atoms with E-state index in [1.54, 1.807) is 0 Å². The predicted molar refractivity (Wildman–Crippen MR) is 90.7 cm³/mol. The fraction of sp³-hybridized carbons (Fsp3) is 0.789. The van der Waals surface area contributed by atoms with Crippen molar-refractivity contribution in [3.63, 3.8) is 0 Å². The van der Waals surface area contributed by atoms with E-state index in [0.717, 1.165) is 25.7 Å². The summed E-state index contributed by atoms with van der Waals surface area (Å²) in [5.41, 5.74) is -0.349. The van der Waals surface area contributed by atoms with Gasteiger partial charge in [0, 0.05) is 18.5 Å². The minimum atomic E-state index is -0.349. The van der Waals surface area contributed by atoms with Crippen molar-refractivity contribution in [2.24, 2.45) is 23.2 Å². The van der Waals surface area contributed by atoms with Crippen molar-refractivity contribution in [2.75, 3.05) is 19.7 Å². The highest BCUT2D eigenvalue weighted by molar-refractivity contribution is 5.82. The van der Waals surface area contributed by atoms with Crippen LogP contribution in [0.15, 0.2) is 12.2 Å². The second-order valence-electron chi connectivity index (χ2n) is 8.13. The fourth-order valence-corrected chi connectivity index (χ4v) is 3.34. The highest BCUT2D eigenvalue weighted by Gasteiger charge is 2.33. The van der Waals surface area contributed by atoms with Crippen molar-refractivity contribution in [2.45, 2.75) is 53.4 Å². The van der Waals surface area contributed by atoms with Crippen molar-refractivity contribution in [1.82, 2.24) is 4.90 Å². The average Bonchev–Trinajstić information content (AvgIpc) is 2.52. The van der Waals surface area contributed by atoms with Gasteiger partial charge < -0.3 is 9.64 Å². The second-order valence-corrected chi connectivity index (χ2v) is 8.13. The maximum absolute atomic E-state index is 12.3. The number of likely N-dealkylation sites (tertiary alicyclic amines) is 1. The first-order valence-electron chi connectivity index (χ1n) is 8.90. The van der Waals surface area contributed by atoms with Gasteiger partial charge in [-0.25, -0.2) is 0 Å². The van der Waals surface area contributed by atoms with Crippen molar-refractivity contribution in [1.29, 1.82) is 0 Å². The maximum atomic E-state index is 12.3. The number of nitrogens with zero attached hydrogens (tertiary/aromatic N) is 1. The Labute approximate surface area is 140 Å². The molecule has 0 bridgehead atoms. The van der Waals surface area contributed by atoms with Gasteiger partial charge in [-0.15, -0.1) is 0 Å². The second kappa shape index (κ2) is 7.50. The molecule has 1 amide bonds. The van der Waals surface area contributed by atoms with Gasteiger partial charge in [0.25, 0.3) is 0 Å². The summed E-state index contributed by atoms with van der Waals surface area (Å²) in [7, 11) is 0. The van der Waals surface area contributed by atoms with Crippen LogP contribution in [0.5, 0.6) is 0 Å². The summed E-state index contributed by atoms with van der Waals surface area (Å²) in [6, 6.07) is 0. The Kier molecular flexibility index (Phi) is 5.88. The van der Waals surface area contributed by atoms with E-state index >= 15 is 0 Å². The Morgan fingerprint density at radius 2 is 1.74 bits per heavy atom. The topological polar surface area (TPSA) is 46.6 Å². The molecular weight excluding hydrogens is 290 g/mol. The molecule has 0 radical (unpaired) electrons. The van der Waals surface area contributed by atoms with Gasteiger partial charge >= 0.3 is 5.97 Å². The molecule has 1 saturated heterocycles. The zero-order valence-electron chi connectivity index (χ0n) is 15.0. The molecule has 2 atom stereocenters. The van der Waals surface area contributed by atoms with Crippen molar-refractivity contribution in [3.05, 3.63) is 12.2 Å². The molecule has 0 spiro atoms. The van der Waals surface area contributed by atoms with Crippen LogP contribution in [0.25, 0.3) is 0 Å². The molecule has 0 saturated carbocycles. The van der Waals surface area contributed by atoms with Crippen molar-refractivity contribution in [3.8, 4) is 0 Å². The highest BCUT2D eigenvalue weighted by atomic mass is 16.5. The smallest absolute Gasteiger partial charge is 0.309 e. The Morgan fingerprint density at radius 1 is 1.13 bits per heavy atom. The lowest BCUT2D eigenvalue weighted by atomic mass is 9.85. The minimum Gasteiger partial charge on any atom is -0.465 e. The third kappa shape index (κ3) is 4.82. The normalized spacial score (nSPS) is 26.2.